The van der Waals surface area contributed by atoms with E-state index in [0.29, 0.717) is 19.3 Å². The third-order valence-electron chi connectivity index (χ3n) is 9.01. The van der Waals surface area contributed by atoms with Gasteiger partial charge in [0, 0.05) is 11.8 Å². The maximum atomic E-state index is 13.0. The molecule has 0 aliphatic heterocycles. The number of hydrogen-bond donors (Lipinski definition) is 1. The summed E-state index contributed by atoms with van der Waals surface area (Å²) in [5.74, 6) is -0.0510. The molecule has 3 saturated carbocycles. The maximum Gasteiger partial charge on any atom is 0.509 e. The van der Waals surface area contributed by atoms with Crippen LogP contribution in [0.15, 0.2) is 11.6 Å². The number of methoxy groups -OCH3 is 1. The van der Waals surface area contributed by atoms with Gasteiger partial charge in [-0.1, -0.05) is 19.4 Å². The Kier molecular flexibility index (Phi) is 5.33. The number of carbonyl (C=O) groups excluding carboxylic acids is 3. The van der Waals surface area contributed by atoms with Crippen LogP contribution in [0.1, 0.15) is 58.8 Å². The first kappa shape index (κ1) is 21.8. The molecule has 3 fully saturated rings. The van der Waals surface area contributed by atoms with Crippen LogP contribution in [0.5, 0.6) is 0 Å². The van der Waals surface area contributed by atoms with Gasteiger partial charge in [0.15, 0.2) is 17.2 Å². The number of rotatable bonds is 3. The van der Waals surface area contributed by atoms with Crippen LogP contribution in [-0.2, 0) is 19.1 Å². The van der Waals surface area contributed by atoms with Gasteiger partial charge >= 0.3 is 6.16 Å². The van der Waals surface area contributed by atoms with Gasteiger partial charge in [0.25, 0.3) is 0 Å². The fraction of sp³-hybridized carbons (Fsp3) is 0.783. The molecular weight excluding hydrogens is 408 g/mol. The monoisotopic (exact) mass is 438 g/mol. The van der Waals surface area contributed by atoms with E-state index in [1.165, 1.54) is 7.11 Å². The van der Waals surface area contributed by atoms with Crippen molar-refractivity contribution < 1.29 is 29.0 Å². The molecule has 6 nitrogen and oxygen atoms in total. The van der Waals surface area contributed by atoms with Crippen LogP contribution in [0.2, 0.25) is 0 Å². The summed E-state index contributed by atoms with van der Waals surface area (Å²) in [6.45, 7) is 4.15. The van der Waals surface area contributed by atoms with E-state index in [-0.39, 0.29) is 40.6 Å². The minimum Gasteiger partial charge on any atom is -0.438 e. The molecule has 0 heterocycles. The highest BCUT2D eigenvalue weighted by molar-refractivity contribution is 6.29. The summed E-state index contributed by atoms with van der Waals surface area (Å²) in [5, 5.41) is 11.4. The molecule has 0 aromatic heterocycles. The summed E-state index contributed by atoms with van der Waals surface area (Å²) in [6, 6.07) is 0. The number of alkyl halides is 1. The molecule has 7 heteroatoms. The summed E-state index contributed by atoms with van der Waals surface area (Å²) >= 11 is 5.96. The Morgan fingerprint density at radius 1 is 1.23 bits per heavy atom. The lowest BCUT2D eigenvalue weighted by atomic mass is 9.45. The minimum atomic E-state index is -1.38. The topological polar surface area (TPSA) is 89.9 Å². The SMILES string of the molecule is COC(=O)O[C@]1(C(=O)CCl)CCC2C3CCC4=CC(=O)CC[C@]4(C)C3C(O)C[C@@]21C. The first-order valence-corrected chi connectivity index (χ1v) is 11.4. The Morgan fingerprint density at radius 3 is 2.63 bits per heavy atom. The predicted molar refractivity (Wildman–Crippen MR) is 110 cm³/mol. The fourth-order valence-electron chi connectivity index (χ4n) is 7.65. The highest BCUT2D eigenvalue weighted by Gasteiger charge is 2.70. The van der Waals surface area contributed by atoms with Gasteiger partial charge in [-0.25, -0.2) is 4.79 Å². The summed E-state index contributed by atoms with van der Waals surface area (Å²) in [4.78, 5) is 37.2. The molecule has 4 aliphatic rings. The second-order valence-corrected chi connectivity index (χ2v) is 10.3. The molecule has 1 N–H and O–H groups in total. The lowest BCUT2D eigenvalue weighted by Crippen LogP contribution is -2.63. The van der Waals surface area contributed by atoms with E-state index in [1.807, 2.05) is 6.92 Å². The highest BCUT2D eigenvalue weighted by atomic mass is 35.5. The van der Waals surface area contributed by atoms with Crippen LogP contribution in [-0.4, -0.2) is 47.5 Å². The minimum absolute atomic E-state index is 0.0312. The van der Waals surface area contributed by atoms with Crippen molar-refractivity contribution in [1.29, 1.82) is 0 Å². The number of halogens is 1. The third-order valence-corrected chi connectivity index (χ3v) is 9.26. The first-order chi connectivity index (χ1) is 14.1. The second-order valence-electron chi connectivity index (χ2n) is 10.1. The van der Waals surface area contributed by atoms with Gasteiger partial charge in [0.1, 0.15) is 0 Å². The van der Waals surface area contributed by atoms with Crippen LogP contribution < -0.4 is 0 Å². The molecule has 0 aromatic rings. The molecule has 30 heavy (non-hydrogen) atoms. The number of ketones is 2. The Hall–Kier alpha value is -1.40. The lowest BCUT2D eigenvalue weighted by Gasteiger charge is -2.60. The molecule has 0 radical (unpaired) electrons. The number of allylic oxidation sites excluding steroid dienone is 1. The molecule has 0 amide bonds. The van der Waals surface area contributed by atoms with Crippen LogP contribution in [0, 0.1) is 28.6 Å². The Morgan fingerprint density at radius 2 is 1.97 bits per heavy atom. The number of fused-ring (bicyclic) bond motifs is 5. The fourth-order valence-corrected chi connectivity index (χ4v) is 7.87. The van der Waals surface area contributed by atoms with Crippen molar-refractivity contribution in [2.75, 3.05) is 13.0 Å². The number of Topliss-reactive ketones (excluding diaryl/α,β-unsaturated/α-hetero) is 1. The zero-order chi connectivity index (χ0) is 21.9. The normalized spacial score (nSPS) is 45.0. The maximum absolute atomic E-state index is 13.0. The smallest absolute Gasteiger partial charge is 0.438 e. The Labute approximate surface area is 182 Å². The molecular formula is C23H31ClO6. The van der Waals surface area contributed by atoms with E-state index in [0.717, 1.165) is 31.3 Å². The zero-order valence-electron chi connectivity index (χ0n) is 17.9. The van der Waals surface area contributed by atoms with Crippen LogP contribution in [0.3, 0.4) is 0 Å². The molecule has 0 spiro atoms. The lowest BCUT2D eigenvalue weighted by molar-refractivity contribution is -0.183. The molecule has 166 valence electrons. The standard InChI is InChI=1S/C23H31ClO6/c1-21-8-6-14(25)10-13(21)4-5-15-16-7-9-23(18(27)12-24,30-20(28)29-3)22(16,2)11-17(26)19(15)21/h10,15-17,19,26H,4-9,11-12H2,1-3H3/t15?,16?,17?,19?,21-,22-,23-/m0/s1. The van der Waals surface area contributed by atoms with Gasteiger partial charge in [-0.2, -0.15) is 0 Å². The average molecular weight is 439 g/mol. The van der Waals surface area contributed by atoms with E-state index in [9.17, 15) is 19.5 Å². The van der Waals surface area contributed by atoms with Crippen molar-refractivity contribution >= 4 is 29.3 Å². The molecule has 4 rings (SSSR count). The molecule has 0 saturated heterocycles. The van der Waals surface area contributed by atoms with E-state index >= 15 is 0 Å². The Bertz CT molecular complexity index is 808. The van der Waals surface area contributed by atoms with Crippen molar-refractivity contribution in [3.63, 3.8) is 0 Å². The van der Waals surface area contributed by atoms with Crippen molar-refractivity contribution in [2.24, 2.45) is 28.6 Å². The molecule has 0 bridgehead atoms. The van der Waals surface area contributed by atoms with Crippen molar-refractivity contribution in [1.82, 2.24) is 0 Å². The zero-order valence-corrected chi connectivity index (χ0v) is 18.7. The number of aliphatic hydroxyl groups is 1. The highest BCUT2D eigenvalue weighted by Crippen LogP contribution is 2.68. The van der Waals surface area contributed by atoms with Crippen LogP contribution in [0.25, 0.3) is 0 Å². The Balaban J connectivity index is 1.75. The van der Waals surface area contributed by atoms with E-state index in [2.05, 4.69) is 6.92 Å². The van der Waals surface area contributed by atoms with Crippen molar-refractivity contribution in [3.05, 3.63) is 11.6 Å². The quantitative estimate of drug-likeness (QED) is 0.532. The van der Waals surface area contributed by atoms with Crippen LogP contribution in [0.4, 0.5) is 4.79 Å². The van der Waals surface area contributed by atoms with Gasteiger partial charge in [-0.3, -0.25) is 9.59 Å². The molecule has 4 aliphatic carbocycles. The van der Waals surface area contributed by atoms with Gasteiger partial charge in [0.2, 0.25) is 0 Å². The second kappa shape index (κ2) is 7.33. The first-order valence-electron chi connectivity index (χ1n) is 10.9. The molecule has 0 aromatic carbocycles. The van der Waals surface area contributed by atoms with Gasteiger partial charge in [-0.05, 0) is 67.8 Å². The summed E-state index contributed by atoms with van der Waals surface area (Å²) < 4.78 is 10.4. The number of aliphatic hydroxyl groups excluding tert-OH is 1. The summed E-state index contributed by atoms with van der Waals surface area (Å²) in [6.07, 6.45) is 4.70. The average Bonchev–Trinajstić information content (AvgIpc) is 3.00. The van der Waals surface area contributed by atoms with E-state index < -0.39 is 23.3 Å². The van der Waals surface area contributed by atoms with E-state index in [4.69, 9.17) is 21.1 Å². The number of hydrogen-bond acceptors (Lipinski definition) is 6. The van der Waals surface area contributed by atoms with Gasteiger partial charge < -0.3 is 14.6 Å². The number of carbonyl (C=O) groups is 3. The van der Waals surface area contributed by atoms with Gasteiger partial charge in [0.05, 0.1) is 19.1 Å². The molecule has 7 atom stereocenters. The largest absolute Gasteiger partial charge is 0.509 e. The number of ether oxygens (including phenoxy) is 2. The summed E-state index contributed by atoms with van der Waals surface area (Å²) in [7, 11) is 1.22. The third kappa shape index (κ3) is 2.82. The van der Waals surface area contributed by atoms with Crippen molar-refractivity contribution in [2.45, 2.75) is 70.5 Å². The van der Waals surface area contributed by atoms with E-state index in [1.54, 1.807) is 6.08 Å². The van der Waals surface area contributed by atoms with Crippen LogP contribution >= 0.6 is 11.6 Å². The molecule has 4 unspecified atom stereocenters. The summed E-state index contributed by atoms with van der Waals surface area (Å²) in [5.41, 5.74) is -1.13. The van der Waals surface area contributed by atoms with Crippen molar-refractivity contribution in [3.8, 4) is 0 Å². The predicted octanol–water partition coefficient (Wildman–Crippen LogP) is 3.82. The van der Waals surface area contributed by atoms with Gasteiger partial charge in [-0.15, -0.1) is 11.6 Å².